The predicted molar refractivity (Wildman–Crippen MR) is 136 cm³/mol. The molecular weight excluding hydrogens is 508 g/mol. The quantitative estimate of drug-likeness (QED) is 0.143. The summed E-state index contributed by atoms with van der Waals surface area (Å²) in [6.45, 7) is 0. The average molecular weight is 525 g/mol. The molecule has 0 radical (unpaired) electrons. The summed E-state index contributed by atoms with van der Waals surface area (Å²) in [6, 6.07) is 28.5. The van der Waals surface area contributed by atoms with E-state index in [9.17, 15) is 14.9 Å². The first-order chi connectivity index (χ1) is 17.0. The average Bonchev–Trinajstić information content (AvgIpc) is 3.30. The van der Waals surface area contributed by atoms with Gasteiger partial charge in [-0.2, -0.15) is 0 Å². The Kier molecular flexibility index (Phi) is 6.03. The van der Waals surface area contributed by atoms with Gasteiger partial charge in [-0.3, -0.25) is 19.5 Å². The molecular formula is C27H17BrN4O3. The van der Waals surface area contributed by atoms with Crippen LogP contribution in [-0.4, -0.2) is 25.2 Å². The third kappa shape index (κ3) is 4.27. The van der Waals surface area contributed by atoms with Gasteiger partial charge < -0.3 is 0 Å². The van der Waals surface area contributed by atoms with Gasteiger partial charge in [-0.1, -0.05) is 76.6 Å². The van der Waals surface area contributed by atoms with Gasteiger partial charge in [0.15, 0.2) is 5.69 Å². The van der Waals surface area contributed by atoms with Gasteiger partial charge >= 0.3 is 0 Å². The van der Waals surface area contributed by atoms with Crippen LogP contribution in [0.25, 0.3) is 28.5 Å². The minimum absolute atomic E-state index is 0.0322. The molecule has 0 atom stereocenters. The lowest BCUT2D eigenvalue weighted by atomic mass is 10.0. The standard InChI is InChI=1S/C27H17BrN4O3/c28-20-15-13-19(14-16-20)27-30-24(23-22(32(34)35)12-7-17-29-23)25(26(33)18-8-3-1-4-9-18)31(27)21-10-5-2-6-11-21/h1-17H. The Morgan fingerprint density at radius 2 is 1.49 bits per heavy atom. The lowest BCUT2D eigenvalue weighted by molar-refractivity contribution is -0.384. The van der Waals surface area contributed by atoms with E-state index in [0.717, 1.165) is 10.0 Å². The van der Waals surface area contributed by atoms with Crippen molar-refractivity contribution in [2.24, 2.45) is 0 Å². The second kappa shape index (κ2) is 9.44. The number of ketones is 1. The zero-order valence-electron chi connectivity index (χ0n) is 18.2. The van der Waals surface area contributed by atoms with Crippen LogP contribution < -0.4 is 0 Å². The van der Waals surface area contributed by atoms with Gasteiger partial charge in [0, 0.05) is 33.6 Å². The van der Waals surface area contributed by atoms with Crippen LogP contribution >= 0.6 is 15.9 Å². The van der Waals surface area contributed by atoms with Gasteiger partial charge in [0.05, 0.1) is 4.92 Å². The Balaban J connectivity index is 1.89. The summed E-state index contributed by atoms with van der Waals surface area (Å²) in [5.41, 5.74) is 2.02. The number of aromatic nitrogens is 3. The van der Waals surface area contributed by atoms with Crippen molar-refractivity contribution < 1.29 is 9.72 Å². The first kappa shape index (κ1) is 22.4. The molecule has 0 aliphatic carbocycles. The van der Waals surface area contributed by atoms with Crippen LogP contribution in [0.15, 0.2) is 108 Å². The molecule has 0 amide bonds. The van der Waals surface area contributed by atoms with Crippen LogP contribution in [0.5, 0.6) is 0 Å². The molecule has 0 bridgehead atoms. The molecule has 7 nitrogen and oxygen atoms in total. The molecule has 0 saturated heterocycles. The van der Waals surface area contributed by atoms with E-state index in [1.807, 2.05) is 60.7 Å². The van der Waals surface area contributed by atoms with E-state index >= 15 is 0 Å². The Labute approximate surface area is 209 Å². The number of nitro groups is 1. The summed E-state index contributed by atoms with van der Waals surface area (Å²) >= 11 is 3.45. The highest BCUT2D eigenvalue weighted by molar-refractivity contribution is 9.10. The van der Waals surface area contributed by atoms with Crippen LogP contribution in [0.1, 0.15) is 16.1 Å². The summed E-state index contributed by atoms with van der Waals surface area (Å²) in [7, 11) is 0. The number of imidazole rings is 1. The van der Waals surface area contributed by atoms with E-state index in [-0.39, 0.29) is 28.6 Å². The minimum Gasteiger partial charge on any atom is -0.289 e. The third-order valence-corrected chi connectivity index (χ3v) is 5.98. The minimum atomic E-state index is -0.514. The SMILES string of the molecule is O=C(c1ccccc1)c1c(-c2ncccc2[N+](=O)[O-])nc(-c2ccc(Br)cc2)n1-c1ccccc1. The van der Waals surface area contributed by atoms with E-state index in [1.165, 1.54) is 18.3 Å². The maximum absolute atomic E-state index is 13.9. The lowest BCUT2D eigenvalue weighted by Crippen LogP contribution is -2.11. The third-order valence-electron chi connectivity index (χ3n) is 5.45. The predicted octanol–water partition coefficient (Wildman–Crippen LogP) is 6.50. The van der Waals surface area contributed by atoms with Crippen LogP contribution in [0, 0.1) is 10.1 Å². The van der Waals surface area contributed by atoms with Crippen molar-refractivity contribution in [3.8, 4) is 28.5 Å². The molecule has 0 saturated carbocycles. The Hall–Kier alpha value is -4.43. The van der Waals surface area contributed by atoms with Gasteiger partial charge in [0.1, 0.15) is 17.2 Å². The molecule has 3 aromatic carbocycles. The van der Waals surface area contributed by atoms with Gasteiger partial charge in [-0.15, -0.1) is 0 Å². The second-order valence-electron chi connectivity index (χ2n) is 7.63. The monoisotopic (exact) mass is 524 g/mol. The highest BCUT2D eigenvalue weighted by Gasteiger charge is 2.31. The molecule has 35 heavy (non-hydrogen) atoms. The molecule has 0 aliphatic heterocycles. The fraction of sp³-hybridized carbons (Fsp3) is 0. The molecule has 0 spiro atoms. The van der Waals surface area contributed by atoms with Crippen molar-refractivity contribution in [2.75, 3.05) is 0 Å². The highest BCUT2D eigenvalue weighted by atomic mass is 79.9. The molecule has 8 heteroatoms. The summed E-state index contributed by atoms with van der Waals surface area (Å²) in [5, 5.41) is 11.9. The summed E-state index contributed by atoms with van der Waals surface area (Å²) < 4.78 is 2.63. The molecule has 0 aliphatic rings. The summed E-state index contributed by atoms with van der Waals surface area (Å²) in [6.07, 6.45) is 1.46. The molecule has 170 valence electrons. The molecule has 2 aromatic heterocycles. The smallest absolute Gasteiger partial charge is 0.289 e. The molecule has 5 rings (SSSR count). The number of hydrogen-bond acceptors (Lipinski definition) is 5. The van der Waals surface area contributed by atoms with Gasteiger partial charge in [0.25, 0.3) is 5.69 Å². The van der Waals surface area contributed by atoms with E-state index in [1.54, 1.807) is 28.8 Å². The van der Waals surface area contributed by atoms with Crippen LogP contribution in [0.4, 0.5) is 5.69 Å². The maximum Gasteiger partial charge on any atom is 0.297 e. The Morgan fingerprint density at radius 3 is 2.14 bits per heavy atom. The Morgan fingerprint density at radius 1 is 0.829 bits per heavy atom. The first-order valence-electron chi connectivity index (χ1n) is 10.7. The van der Waals surface area contributed by atoms with Gasteiger partial charge in [0.2, 0.25) is 5.78 Å². The van der Waals surface area contributed by atoms with Crippen molar-refractivity contribution >= 4 is 27.4 Å². The fourth-order valence-corrected chi connectivity index (χ4v) is 4.13. The number of nitrogens with zero attached hydrogens (tertiary/aromatic N) is 4. The zero-order valence-corrected chi connectivity index (χ0v) is 19.8. The second-order valence-corrected chi connectivity index (χ2v) is 8.55. The normalized spacial score (nSPS) is 10.8. The molecule has 0 N–H and O–H groups in total. The first-order valence-corrected chi connectivity index (χ1v) is 11.5. The van der Waals surface area contributed by atoms with Crippen molar-refractivity contribution in [3.63, 3.8) is 0 Å². The summed E-state index contributed by atoms with van der Waals surface area (Å²) in [5.74, 6) is 0.151. The number of benzene rings is 3. The summed E-state index contributed by atoms with van der Waals surface area (Å²) in [4.78, 5) is 34.4. The van der Waals surface area contributed by atoms with Gasteiger partial charge in [-0.05, 0) is 30.3 Å². The van der Waals surface area contributed by atoms with Crippen LogP contribution in [0.2, 0.25) is 0 Å². The number of carbonyl (C=O) groups excluding carboxylic acids is 1. The number of pyridine rings is 1. The number of halogens is 1. The van der Waals surface area contributed by atoms with E-state index in [4.69, 9.17) is 4.98 Å². The number of para-hydroxylation sites is 1. The lowest BCUT2D eigenvalue weighted by Gasteiger charge is -2.13. The number of carbonyl (C=O) groups is 1. The molecule has 0 fully saturated rings. The van der Waals surface area contributed by atoms with E-state index in [2.05, 4.69) is 20.9 Å². The van der Waals surface area contributed by atoms with Crippen molar-refractivity contribution in [3.05, 3.63) is 129 Å². The van der Waals surface area contributed by atoms with Crippen LogP contribution in [0.3, 0.4) is 0 Å². The van der Waals surface area contributed by atoms with Gasteiger partial charge in [-0.25, -0.2) is 9.97 Å². The largest absolute Gasteiger partial charge is 0.297 e. The highest BCUT2D eigenvalue weighted by Crippen LogP contribution is 2.36. The molecule has 5 aromatic rings. The van der Waals surface area contributed by atoms with E-state index in [0.29, 0.717) is 17.1 Å². The number of rotatable bonds is 6. The fourth-order valence-electron chi connectivity index (χ4n) is 3.87. The topological polar surface area (TPSA) is 90.9 Å². The molecule has 0 unspecified atom stereocenters. The van der Waals surface area contributed by atoms with E-state index < -0.39 is 4.92 Å². The van der Waals surface area contributed by atoms with Crippen molar-refractivity contribution in [1.29, 1.82) is 0 Å². The molecule has 2 heterocycles. The van der Waals surface area contributed by atoms with Crippen molar-refractivity contribution in [1.82, 2.24) is 14.5 Å². The zero-order chi connectivity index (χ0) is 24.4. The maximum atomic E-state index is 13.9. The van der Waals surface area contributed by atoms with Crippen molar-refractivity contribution in [2.45, 2.75) is 0 Å². The Bertz CT molecular complexity index is 1530. The van der Waals surface area contributed by atoms with Crippen LogP contribution in [-0.2, 0) is 0 Å². The number of hydrogen-bond donors (Lipinski definition) is 0.